The highest BCUT2D eigenvalue weighted by molar-refractivity contribution is 6.62. The third-order valence-electron chi connectivity index (χ3n) is 6.30. The fourth-order valence-electron chi connectivity index (χ4n) is 3.68. The van der Waals surface area contributed by atoms with Crippen LogP contribution in [-0.4, -0.2) is 41.7 Å². The molecule has 0 spiro atoms. The summed E-state index contributed by atoms with van der Waals surface area (Å²) >= 11 is 0. The first kappa shape index (κ1) is 19.4. The lowest BCUT2D eigenvalue weighted by Crippen LogP contribution is -2.45. The number of benzene rings is 1. The Bertz CT molecular complexity index is 640. The molecule has 26 heavy (non-hydrogen) atoms. The summed E-state index contributed by atoms with van der Waals surface area (Å²) < 4.78 is 12.2. The van der Waals surface area contributed by atoms with Gasteiger partial charge in [0.25, 0.3) is 0 Å². The summed E-state index contributed by atoms with van der Waals surface area (Å²) in [7, 11) is -0.354. The van der Waals surface area contributed by atoms with Crippen molar-refractivity contribution in [1.29, 1.82) is 0 Å². The summed E-state index contributed by atoms with van der Waals surface area (Å²) in [6.45, 7) is 13.5. The molecule has 2 saturated heterocycles. The van der Waals surface area contributed by atoms with E-state index in [-0.39, 0.29) is 24.2 Å². The van der Waals surface area contributed by atoms with Crippen molar-refractivity contribution < 1.29 is 14.1 Å². The average molecular weight is 357 g/mol. The van der Waals surface area contributed by atoms with Crippen LogP contribution in [-0.2, 0) is 20.5 Å². The van der Waals surface area contributed by atoms with Crippen molar-refractivity contribution in [2.24, 2.45) is 5.92 Å². The van der Waals surface area contributed by atoms with E-state index in [0.29, 0.717) is 18.4 Å². The molecular formula is C21H32BNO3. The lowest BCUT2D eigenvalue weighted by Gasteiger charge is -2.37. The molecule has 142 valence electrons. The molecule has 5 heteroatoms. The highest BCUT2D eigenvalue weighted by atomic mass is 16.7. The van der Waals surface area contributed by atoms with E-state index in [1.807, 2.05) is 24.3 Å². The number of hydrogen-bond donors (Lipinski definition) is 0. The molecule has 1 amide bonds. The highest BCUT2D eigenvalue weighted by Crippen LogP contribution is 2.36. The van der Waals surface area contributed by atoms with Gasteiger partial charge in [-0.25, -0.2) is 0 Å². The summed E-state index contributed by atoms with van der Waals surface area (Å²) in [4.78, 5) is 14.8. The minimum atomic E-state index is -0.354. The van der Waals surface area contributed by atoms with E-state index in [1.54, 1.807) is 0 Å². The lowest BCUT2D eigenvalue weighted by atomic mass is 9.79. The molecule has 0 aromatic heterocycles. The van der Waals surface area contributed by atoms with Gasteiger partial charge in [0.15, 0.2) is 0 Å². The SMILES string of the molecule is C[C@@H]1CC[C@H](C)N(C(=O)Cc2ccc(B3OC(C)(C)C(C)(C)O3)cc2)C1. The molecule has 2 atom stereocenters. The molecule has 0 bridgehead atoms. The van der Waals surface area contributed by atoms with Gasteiger partial charge in [-0.05, 0) is 64.4 Å². The number of rotatable bonds is 3. The predicted octanol–water partition coefficient (Wildman–Crippen LogP) is 3.18. The van der Waals surface area contributed by atoms with Crippen molar-refractivity contribution in [3.63, 3.8) is 0 Å². The van der Waals surface area contributed by atoms with E-state index in [1.165, 1.54) is 6.42 Å². The fourth-order valence-corrected chi connectivity index (χ4v) is 3.68. The zero-order chi connectivity index (χ0) is 19.1. The lowest BCUT2D eigenvalue weighted by molar-refractivity contribution is -0.134. The van der Waals surface area contributed by atoms with Crippen molar-refractivity contribution >= 4 is 18.5 Å². The number of piperidine rings is 1. The Morgan fingerprint density at radius 2 is 1.65 bits per heavy atom. The zero-order valence-corrected chi connectivity index (χ0v) is 17.0. The quantitative estimate of drug-likeness (QED) is 0.780. The molecule has 2 aliphatic rings. The third-order valence-corrected chi connectivity index (χ3v) is 6.30. The second-order valence-corrected chi connectivity index (χ2v) is 9.08. The first-order chi connectivity index (χ1) is 12.1. The van der Waals surface area contributed by atoms with Crippen LogP contribution in [0.5, 0.6) is 0 Å². The molecule has 4 nitrogen and oxygen atoms in total. The Morgan fingerprint density at radius 3 is 2.23 bits per heavy atom. The molecule has 1 aromatic carbocycles. The Morgan fingerprint density at radius 1 is 1.08 bits per heavy atom. The summed E-state index contributed by atoms with van der Waals surface area (Å²) in [5, 5.41) is 0. The van der Waals surface area contributed by atoms with Gasteiger partial charge in [-0.15, -0.1) is 0 Å². The zero-order valence-electron chi connectivity index (χ0n) is 17.0. The van der Waals surface area contributed by atoms with E-state index in [2.05, 4.69) is 46.4 Å². The van der Waals surface area contributed by atoms with Crippen LogP contribution in [0.15, 0.2) is 24.3 Å². The predicted molar refractivity (Wildman–Crippen MR) is 105 cm³/mol. The highest BCUT2D eigenvalue weighted by Gasteiger charge is 2.51. The van der Waals surface area contributed by atoms with Crippen molar-refractivity contribution in [3.8, 4) is 0 Å². The monoisotopic (exact) mass is 357 g/mol. The van der Waals surface area contributed by atoms with E-state index in [4.69, 9.17) is 9.31 Å². The molecule has 0 aliphatic carbocycles. The molecule has 0 N–H and O–H groups in total. The van der Waals surface area contributed by atoms with Crippen molar-refractivity contribution in [1.82, 2.24) is 4.90 Å². The molecule has 0 radical (unpaired) electrons. The minimum absolute atomic E-state index is 0.229. The number of hydrogen-bond acceptors (Lipinski definition) is 3. The normalized spacial score (nSPS) is 27.6. The van der Waals surface area contributed by atoms with Gasteiger partial charge in [-0.1, -0.05) is 31.2 Å². The Labute approximate surface area is 158 Å². The van der Waals surface area contributed by atoms with Crippen LogP contribution in [0.2, 0.25) is 0 Å². The molecular weight excluding hydrogens is 325 g/mol. The van der Waals surface area contributed by atoms with E-state index >= 15 is 0 Å². The maximum absolute atomic E-state index is 12.7. The molecule has 2 aliphatic heterocycles. The van der Waals surface area contributed by atoms with Gasteiger partial charge >= 0.3 is 7.12 Å². The number of amides is 1. The van der Waals surface area contributed by atoms with Gasteiger partial charge in [0.1, 0.15) is 0 Å². The largest absolute Gasteiger partial charge is 0.494 e. The maximum Gasteiger partial charge on any atom is 0.494 e. The topological polar surface area (TPSA) is 38.8 Å². The molecule has 1 aromatic rings. The van der Waals surface area contributed by atoms with Crippen LogP contribution in [0, 0.1) is 5.92 Å². The van der Waals surface area contributed by atoms with Gasteiger partial charge in [-0.3, -0.25) is 4.79 Å². The van der Waals surface area contributed by atoms with Crippen LogP contribution in [0.25, 0.3) is 0 Å². The number of nitrogens with zero attached hydrogens (tertiary/aromatic N) is 1. The first-order valence-electron chi connectivity index (χ1n) is 9.83. The molecule has 3 rings (SSSR count). The van der Waals surface area contributed by atoms with E-state index in [0.717, 1.165) is 24.0 Å². The summed E-state index contributed by atoms with van der Waals surface area (Å²) in [5.41, 5.74) is 1.36. The average Bonchev–Trinajstić information content (AvgIpc) is 2.78. The number of carbonyl (C=O) groups is 1. The fraction of sp³-hybridized carbons (Fsp3) is 0.667. The van der Waals surface area contributed by atoms with Crippen LogP contribution >= 0.6 is 0 Å². The van der Waals surface area contributed by atoms with Crippen LogP contribution in [0.1, 0.15) is 59.9 Å². The van der Waals surface area contributed by atoms with Crippen molar-refractivity contribution in [3.05, 3.63) is 29.8 Å². The van der Waals surface area contributed by atoms with E-state index in [9.17, 15) is 4.79 Å². The van der Waals surface area contributed by atoms with Crippen LogP contribution in [0.4, 0.5) is 0 Å². The van der Waals surface area contributed by atoms with Gasteiger partial charge in [0, 0.05) is 12.6 Å². The molecule has 2 heterocycles. The Balaban J connectivity index is 1.64. The summed E-state index contributed by atoms with van der Waals surface area (Å²) in [6, 6.07) is 8.44. The summed E-state index contributed by atoms with van der Waals surface area (Å²) in [5.74, 6) is 0.827. The maximum atomic E-state index is 12.7. The van der Waals surface area contributed by atoms with Crippen molar-refractivity contribution in [2.45, 2.75) is 78.0 Å². The van der Waals surface area contributed by atoms with Crippen LogP contribution in [0.3, 0.4) is 0 Å². The molecule has 0 saturated carbocycles. The minimum Gasteiger partial charge on any atom is -0.399 e. The molecule has 0 unspecified atom stereocenters. The summed E-state index contributed by atoms with van der Waals surface area (Å²) in [6.07, 6.45) is 2.78. The Hall–Kier alpha value is -1.33. The smallest absolute Gasteiger partial charge is 0.399 e. The van der Waals surface area contributed by atoms with Gasteiger partial charge in [0.2, 0.25) is 5.91 Å². The molecule has 2 fully saturated rings. The van der Waals surface area contributed by atoms with Crippen LogP contribution < -0.4 is 5.46 Å². The van der Waals surface area contributed by atoms with Gasteiger partial charge < -0.3 is 14.2 Å². The van der Waals surface area contributed by atoms with Gasteiger partial charge in [-0.2, -0.15) is 0 Å². The Kier molecular flexibility index (Phi) is 5.24. The number of likely N-dealkylation sites (tertiary alicyclic amines) is 1. The first-order valence-corrected chi connectivity index (χ1v) is 9.83. The van der Waals surface area contributed by atoms with Crippen molar-refractivity contribution in [2.75, 3.05) is 6.54 Å². The second-order valence-electron chi connectivity index (χ2n) is 9.08. The van der Waals surface area contributed by atoms with E-state index < -0.39 is 0 Å². The standard InChI is InChI=1S/C21H32BNO3/c1-15-7-8-16(2)23(14-15)19(24)13-17-9-11-18(12-10-17)22-25-20(3,4)21(5,6)26-22/h9-12,15-16H,7-8,13-14H2,1-6H3/t15-,16+/m1/s1. The second kappa shape index (κ2) is 7.01. The van der Waals surface area contributed by atoms with Gasteiger partial charge in [0.05, 0.1) is 17.6 Å². The number of carbonyl (C=O) groups excluding carboxylic acids is 1. The third kappa shape index (κ3) is 3.84.